The molecule has 0 amide bonds. The Morgan fingerprint density at radius 3 is 2.67 bits per heavy atom. The van der Waals surface area contributed by atoms with Crippen molar-refractivity contribution in [1.29, 1.82) is 0 Å². The number of nitrogens with one attached hydrogen (secondary N) is 1. The minimum atomic E-state index is -0.251. The van der Waals surface area contributed by atoms with Crippen molar-refractivity contribution < 1.29 is 9.53 Å². The molecule has 12 heavy (non-hydrogen) atoms. The summed E-state index contributed by atoms with van der Waals surface area (Å²) in [6.45, 7) is 5.53. The molecule has 0 aliphatic carbocycles. The third-order valence-electron chi connectivity index (χ3n) is 1.52. The Bertz CT molecular complexity index is 175. The molecule has 1 N–H and O–H groups in total. The number of ether oxygens (including phenoxy) is 1. The molecule has 0 aromatic carbocycles. The van der Waals surface area contributed by atoms with Crippen molar-refractivity contribution in [2.45, 2.75) is 33.4 Å². The van der Waals surface area contributed by atoms with Gasteiger partial charge in [0, 0.05) is 5.57 Å². The lowest BCUT2D eigenvalue weighted by Gasteiger charge is -2.11. The van der Waals surface area contributed by atoms with Gasteiger partial charge in [0.25, 0.3) is 0 Å². The Labute approximate surface area is 73.8 Å². The van der Waals surface area contributed by atoms with Crippen LogP contribution in [0.3, 0.4) is 0 Å². The van der Waals surface area contributed by atoms with E-state index in [2.05, 4.69) is 5.32 Å². The van der Waals surface area contributed by atoms with Gasteiger partial charge in [0.1, 0.15) is 0 Å². The van der Waals surface area contributed by atoms with Gasteiger partial charge in [-0.3, -0.25) is 5.32 Å². The average molecular weight is 171 g/mol. The Kier molecular flexibility index (Phi) is 5.37. The molecule has 0 radical (unpaired) electrons. The summed E-state index contributed by atoms with van der Waals surface area (Å²) < 4.78 is 5.00. The normalized spacial score (nSPS) is 14.2. The summed E-state index contributed by atoms with van der Waals surface area (Å²) in [5, 5.41) is 2.82. The van der Waals surface area contributed by atoms with E-state index in [4.69, 9.17) is 4.74 Å². The molecular formula is C9H17NO2. The van der Waals surface area contributed by atoms with Crippen LogP contribution in [-0.4, -0.2) is 19.2 Å². The van der Waals surface area contributed by atoms with Gasteiger partial charge in [0.2, 0.25) is 0 Å². The largest absolute Gasteiger partial charge is 0.444 e. The number of esters is 1. The molecule has 0 aliphatic heterocycles. The molecule has 0 aromatic rings. The van der Waals surface area contributed by atoms with Gasteiger partial charge >= 0.3 is 5.97 Å². The van der Waals surface area contributed by atoms with Crippen LogP contribution in [0.5, 0.6) is 0 Å². The second-order valence-electron chi connectivity index (χ2n) is 2.63. The van der Waals surface area contributed by atoms with E-state index in [0.717, 1.165) is 6.42 Å². The van der Waals surface area contributed by atoms with Gasteiger partial charge in [0.05, 0.1) is 0 Å². The Morgan fingerprint density at radius 1 is 1.67 bits per heavy atom. The highest BCUT2D eigenvalue weighted by Gasteiger charge is 2.08. The second-order valence-corrected chi connectivity index (χ2v) is 2.63. The first kappa shape index (κ1) is 11.2. The Hall–Kier alpha value is -0.830. The van der Waals surface area contributed by atoms with Crippen molar-refractivity contribution >= 4 is 5.97 Å². The van der Waals surface area contributed by atoms with Crippen molar-refractivity contribution in [1.82, 2.24) is 5.32 Å². The summed E-state index contributed by atoms with van der Waals surface area (Å²) in [6.07, 6.45) is 2.48. The van der Waals surface area contributed by atoms with Crippen LogP contribution in [-0.2, 0) is 9.53 Å². The fourth-order valence-corrected chi connectivity index (χ4v) is 0.702. The summed E-state index contributed by atoms with van der Waals surface area (Å²) in [6, 6.07) is 0. The monoisotopic (exact) mass is 171 g/mol. The molecule has 0 spiro atoms. The van der Waals surface area contributed by atoms with Gasteiger partial charge in [0.15, 0.2) is 6.23 Å². The van der Waals surface area contributed by atoms with Crippen molar-refractivity contribution in [3.05, 3.63) is 11.6 Å². The van der Waals surface area contributed by atoms with Crippen molar-refractivity contribution in [2.75, 3.05) is 7.05 Å². The summed E-state index contributed by atoms with van der Waals surface area (Å²) >= 11 is 0. The van der Waals surface area contributed by atoms with Gasteiger partial charge < -0.3 is 4.74 Å². The summed E-state index contributed by atoms with van der Waals surface area (Å²) in [5.41, 5.74) is 0.666. The van der Waals surface area contributed by atoms with E-state index < -0.39 is 0 Å². The number of allylic oxidation sites excluding steroid dienone is 1. The highest BCUT2D eigenvalue weighted by molar-refractivity contribution is 5.87. The molecule has 0 saturated heterocycles. The van der Waals surface area contributed by atoms with Gasteiger partial charge in [-0.25, -0.2) is 4.79 Å². The quantitative estimate of drug-likeness (QED) is 0.395. The van der Waals surface area contributed by atoms with Gasteiger partial charge in [-0.15, -0.1) is 0 Å². The van der Waals surface area contributed by atoms with Crippen LogP contribution >= 0.6 is 0 Å². The van der Waals surface area contributed by atoms with E-state index >= 15 is 0 Å². The minimum absolute atomic E-state index is 0.224. The average Bonchev–Trinajstić information content (AvgIpc) is 2.04. The summed E-state index contributed by atoms with van der Waals surface area (Å²) in [4.78, 5) is 11.2. The number of rotatable bonds is 4. The Morgan fingerprint density at radius 2 is 2.25 bits per heavy atom. The van der Waals surface area contributed by atoms with E-state index in [1.54, 1.807) is 20.9 Å². The molecule has 3 heteroatoms. The van der Waals surface area contributed by atoms with Crippen LogP contribution in [0.15, 0.2) is 11.6 Å². The lowest BCUT2D eigenvalue weighted by Crippen LogP contribution is -2.27. The predicted molar refractivity (Wildman–Crippen MR) is 48.7 cm³/mol. The van der Waals surface area contributed by atoms with Crippen LogP contribution in [0, 0.1) is 0 Å². The SMILES string of the molecule is CC/C=C(\C)C(=O)OC(C)NC. The number of carbonyl (C=O) groups is 1. The minimum Gasteiger partial charge on any atom is -0.444 e. The molecule has 70 valence electrons. The number of carbonyl (C=O) groups excluding carboxylic acids is 1. The lowest BCUT2D eigenvalue weighted by atomic mass is 10.2. The molecule has 0 saturated carbocycles. The number of hydrogen-bond acceptors (Lipinski definition) is 3. The number of hydrogen-bond donors (Lipinski definition) is 1. The molecular weight excluding hydrogens is 154 g/mol. The summed E-state index contributed by atoms with van der Waals surface area (Å²) in [5.74, 6) is -0.251. The predicted octanol–water partition coefficient (Wildman–Crippen LogP) is 1.45. The van der Waals surface area contributed by atoms with Crippen molar-refractivity contribution in [2.24, 2.45) is 0 Å². The molecule has 0 bridgehead atoms. The first-order valence-electron chi connectivity index (χ1n) is 4.16. The van der Waals surface area contributed by atoms with Crippen molar-refractivity contribution in [3.63, 3.8) is 0 Å². The molecule has 1 unspecified atom stereocenters. The zero-order valence-corrected chi connectivity index (χ0v) is 8.18. The molecule has 0 aliphatic rings. The maximum atomic E-state index is 11.2. The van der Waals surface area contributed by atoms with E-state index in [-0.39, 0.29) is 12.2 Å². The second kappa shape index (κ2) is 5.77. The van der Waals surface area contributed by atoms with Crippen molar-refractivity contribution in [3.8, 4) is 0 Å². The first-order chi connectivity index (χ1) is 5.61. The Balaban J connectivity index is 3.95. The van der Waals surface area contributed by atoms with Crippen LogP contribution in [0.1, 0.15) is 27.2 Å². The maximum Gasteiger partial charge on any atom is 0.334 e. The zero-order chi connectivity index (χ0) is 9.56. The zero-order valence-electron chi connectivity index (χ0n) is 8.18. The van der Waals surface area contributed by atoms with Crippen LogP contribution in [0.25, 0.3) is 0 Å². The highest BCUT2D eigenvalue weighted by atomic mass is 16.6. The maximum absolute atomic E-state index is 11.2. The van der Waals surface area contributed by atoms with E-state index in [1.165, 1.54) is 0 Å². The fourth-order valence-electron chi connectivity index (χ4n) is 0.702. The highest BCUT2D eigenvalue weighted by Crippen LogP contribution is 1.99. The third-order valence-corrected chi connectivity index (χ3v) is 1.52. The van der Waals surface area contributed by atoms with Crippen LogP contribution in [0.2, 0.25) is 0 Å². The van der Waals surface area contributed by atoms with E-state index in [0.29, 0.717) is 5.57 Å². The van der Waals surface area contributed by atoms with Gasteiger partial charge in [-0.2, -0.15) is 0 Å². The van der Waals surface area contributed by atoms with E-state index in [1.807, 2.05) is 13.0 Å². The van der Waals surface area contributed by atoms with Gasteiger partial charge in [-0.05, 0) is 27.3 Å². The smallest absolute Gasteiger partial charge is 0.334 e. The van der Waals surface area contributed by atoms with Crippen LogP contribution < -0.4 is 5.32 Å². The molecule has 0 aromatic heterocycles. The van der Waals surface area contributed by atoms with Crippen LogP contribution in [0.4, 0.5) is 0 Å². The van der Waals surface area contributed by atoms with Gasteiger partial charge in [-0.1, -0.05) is 13.0 Å². The molecule has 3 nitrogen and oxygen atoms in total. The summed E-state index contributed by atoms with van der Waals surface area (Å²) in [7, 11) is 1.75. The lowest BCUT2D eigenvalue weighted by molar-refractivity contribution is -0.144. The first-order valence-corrected chi connectivity index (χ1v) is 4.16. The standard InChI is InChI=1S/C9H17NO2/c1-5-6-7(2)9(11)12-8(3)10-4/h6,8,10H,5H2,1-4H3/b7-6+. The topological polar surface area (TPSA) is 38.3 Å². The molecule has 0 fully saturated rings. The molecule has 0 rings (SSSR count). The molecule has 1 atom stereocenters. The third kappa shape index (κ3) is 4.13. The van der Waals surface area contributed by atoms with E-state index in [9.17, 15) is 4.79 Å². The molecule has 0 heterocycles. The fraction of sp³-hybridized carbons (Fsp3) is 0.667.